The standard InChI is InChI=1S/C15H14N2O4/c1-21-13-5-3-2-4-12(13)17-14(18)10-7-6-9(16)8-11(10)15(19)20/h2-8H,16H2,1H3,(H,17,18)(H,19,20). The van der Waals surface area contributed by atoms with Gasteiger partial charge >= 0.3 is 5.97 Å². The van der Waals surface area contributed by atoms with Crippen LogP contribution in [0.1, 0.15) is 20.7 Å². The molecular weight excluding hydrogens is 272 g/mol. The number of carbonyl (C=O) groups is 2. The second kappa shape index (κ2) is 5.96. The molecule has 2 aromatic carbocycles. The van der Waals surface area contributed by atoms with Crippen LogP contribution in [0.5, 0.6) is 5.75 Å². The van der Waals surface area contributed by atoms with Crippen LogP contribution in [0.4, 0.5) is 11.4 Å². The van der Waals surface area contributed by atoms with Gasteiger partial charge in [-0.3, -0.25) is 4.79 Å². The van der Waals surface area contributed by atoms with Crippen LogP contribution >= 0.6 is 0 Å². The highest BCUT2D eigenvalue weighted by Gasteiger charge is 2.17. The first-order valence-corrected chi connectivity index (χ1v) is 6.10. The lowest BCUT2D eigenvalue weighted by Gasteiger charge is -2.11. The van der Waals surface area contributed by atoms with E-state index in [9.17, 15) is 9.59 Å². The van der Waals surface area contributed by atoms with E-state index in [0.29, 0.717) is 11.4 Å². The average Bonchev–Trinajstić information content (AvgIpc) is 2.47. The molecule has 0 bridgehead atoms. The molecule has 0 aliphatic rings. The highest BCUT2D eigenvalue weighted by atomic mass is 16.5. The van der Waals surface area contributed by atoms with Crippen molar-refractivity contribution < 1.29 is 19.4 Å². The summed E-state index contributed by atoms with van der Waals surface area (Å²) in [7, 11) is 1.48. The molecule has 0 saturated carbocycles. The van der Waals surface area contributed by atoms with Gasteiger partial charge in [-0.25, -0.2) is 4.79 Å². The first-order valence-electron chi connectivity index (χ1n) is 6.10. The molecule has 2 aromatic rings. The van der Waals surface area contributed by atoms with Crippen molar-refractivity contribution in [2.75, 3.05) is 18.2 Å². The average molecular weight is 286 g/mol. The number of aromatic carboxylic acids is 1. The Hall–Kier alpha value is -3.02. The summed E-state index contributed by atoms with van der Waals surface area (Å²) in [5.41, 5.74) is 6.16. The van der Waals surface area contributed by atoms with Crippen molar-refractivity contribution in [3.8, 4) is 5.75 Å². The van der Waals surface area contributed by atoms with Gasteiger partial charge in [0.05, 0.1) is 23.9 Å². The van der Waals surface area contributed by atoms with Crippen LogP contribution in [0, 0.1) is 0 Å². The van der Waals surface area contributed by atoms with Crippen LogP contribution < -0.4 is 15.8 Å². The molecule has 6 nitrogen and oxygen atoms in total. The highest BCUT2D eigenvalue weighted by molar-refractivity contribution is 6.11. The Morgan fingerprint density at radius 1 is 1.14 bits per heavy atom. The minimum absolute atomic E-state index is 0.0302. The van der Waals surface area contributed by atoms with E-state index in [1.807, 2.05) is 0 Å². The van der Waals surface area contributed by atoms with Crippen molar-refractivity contribution in [3.63, 3.8) is 0 Å². The molecule has 108 valence electrons. The number of hydrogen-bond acceptors (Lipinski definition) is 4. The lowest BCUT2D eigenvalue weighted by Crippen LogP contribution is -2.17. The maximum Gasteiger partial charge on any atom is 0.336 e. The Bertz CT molecular complexity index is 698. The van der Waals surface area contributed by atoms with Gasteiger partial charge in [0.1, 0.15) is 5.75 Å². The lowest BCUT2D eigenvalue weighted by atomic mass is 10.1. The molecule has 21 heavy (non-hydrogen) atoms. The summed E-state index contributed by atoms with van der Waals surface area (Å²) >= 11 is 0. The molecule has 0 atom stereocenters. The van der Waals surface area contributed by atoms with E-state index in [1.165, 1.54) is 25.3 Å². The number of nitrogens with two attached hydrogens (primary N) is 1. The van der Waals surface area contributed by atoms with Crippen LogP contribution in [0.15, 0.2) is 42.5 Å². The van der Waals surface area contributed by atoms with Crippen LogP contribution in [0.2, 0.25) is 0 Å². The van der Waals surface area contributed by atoms with E-state index in [4.69, 9.17) is 15.6 Å². The van der Waals surface area contributed by atoms with E-state index < -0.39 is 11.9 Å². The molecule has 0 fully saturated rings. The first kappa shape index (κ1) is 14.4. The Balaban J connectivity index is 2.35. The number of methoxy groups -OCH3 is 1. The lowest BCUT2D eigenvalue weighted by molar-refractivity contribution is 0.0692. The Kier molecular flexibility index (Phi) is 4.08. The molecule has 2 rings (SSSR count). The maximum atomic E-state index is 12.2. The number of carboxylic acid groups (broad SMARTS) is 1. The molecule has 0 heterocycles. The van der Waals surface area contributed by atoms with Gasteiger partial charge < -0.3 is 20.9 Å². The Morgan fingerprint density at radius 2 is 1.86 bits per heavy atom. The molecule has 4 N–H and O–H groups in total. The molecule has 0 aromatic heterocycles. The summed E-state index contributed by atoms with van der Waals surface area (Å²) < 4.78 is 5.13. The van der Waals surface area contributed by atoms with Gasteiger partial charge in [-0.2, -0.15) is 0 Å². The zero-order valence-corrected chi connectivity index (χ0v) is 11.3. The SMILES string of the molecule is COc1ccccc1NC(=O)c1ccc(N)cc1C(=O)O. The third-order valence-electron chi connectivity index (χ3n) is 2.87. The van der Waals surface area contributed by atoms with Crippen LogP contribution in [0.3, 0.4) is 0 Å². The van der Waals surface area contributed by atoms with E-state index in [2.05, 4.69) is 5.32 Å². The number of nitrogens with one attached hydrogen (secondary N) is 1. The molecule has 0 spiro atoms. The number of carbonyl (C=O) groups excluding carboxylic acids is 1. The first-order chi connectivity index (χ1) is 10.0. The molecule has 0 aliphatic heterocycles. The molecule has 1 amide bonds. The minimum atomic E-state index is -1.22. The molecular formula is C15H14N2O4. The van der Waals surface area contributed by atoms with Gasteiger partial charge in [0.25, 0.3) is 5.91 Å². The minimum Gasteiger partial charge on any atom is -0.495 e. The maximum absolute atomic E-state index is 12.2. The van der Waals surface area contributed by atoms with E-state index in [1.54, 1.807) is 24.3 Å². The Morgan fingerprint density at radius 3 is 2.52 bits per heavy atom. The van der Waals surface area contributed by atoms with Gasteiger partial charge in [0.15, 0.2) is 0 Å². The summed E-state index contributed by atoms with van der Waals surface area (Å²) in [6.45, 7) is 0. The summed E-state index contributed by atoms with van der Waals surface area (Å²) in [6, 6.07) is 11.0. The van der Waals surface area contributed by atoms with Gasteiger partial charge in [-0.1, -0.05) is 12.1 Å². The fourth-order valence-electron chi connectivity index (χ4n) is 1.87. The monoisotopic (exact) mass is 286 g/mol. The third kappa shape index (κ3) is 3.11. The second-order valence-electron chi connectivity index (χ2n) is 4.26. The summed E-state index contributed by atoms with van der Waals surface area (Å²) in [6.07, 6.45) is 0. The molecule has 0 saturated heterocycles. The van der Waals surface area contributed by atoms with Crippen LogP contribution in [0.25, 0.3) is 0 Å². The molecule has 6 heteroatoms. The zero-order chi connectivity index (χ0) is 15.4. The second-order valence-corrected chi connectivity index (χ2v) is 4.26. The van der Waals surface area contributed by atoms with E-state index >= 15 is 0 Å². The fraction of sp³-hybridized carbons (Fsp3) is 0.0667. The fourth-order valence-corrected chi connectivity index (χ4v) is 1.87. The number of nitrogen functional groups attached to an aromatic ring is 1. The third-order valence-corrected chi connectivity index (χ3v) is 2.87. The predicted octanol–water partition coefficient (Wildman–Crippen LogP) is 2.23. The van der Waals surface area contributed by atoms with E-state index in [-0.39, 0.29) is 16.8 Å². The van der Waals surface area contributed by atoms with Crippen molar-refractivity contribution in [2.45, 2.75) is 0 Å². The number of para-hydroxylation sites is 2. The Labute approximate surface area is 121 Å². The molecule has 0 unspecified atom stereocenters. The van der Waals surface area contributed by atoms with Gasteiger partial charge in [0.2, 0.25) is 0 Å². The summed E-state index contributed by atoms with van der Waals surface area (Å²) in [4.78, 5) is 23.4. The van der Waals surface area contributed by atoms with Gasteiger partial charge in [-0.05, 0) is 30.3 Å². The normalized spacial score (nSPS) is 9.95. The smallest absolute Gasteiger partial charge is 0.336 e. The topological polar surface area (TPSA) is 102 Å². The van der Waals surface area contributed by atoms with Crippen LogP contribution in [-0.2, 0) is 0 Å². The van der Waals surface area contributed by atoms with Gasteiger partial charge in [0, 0.05) is 5.69 Å². The predicted molar refractivity (Wildman–Crippen MR) is 78.8 cm³/mol. The van der Waals surface area contributed by atoms with E-state index in [0.717, 1.165) is 0 Å². The van der Waals surface area contributed by atoms with Crippen molar-refractivity contribution in [1.29, 1.82) is 0 Å². The number of amides is 1. The number of carboxylic acids is 1. The number of anilines is 2. The number of rotatable bonds is 4. The quantitative estimate of drug-likeness (QED) is 0.748. The zero-order valence-electron chi connectivity index (χ0n) is 11.3. The van der Waals surface area contributed by atoms with Crippen molar-refractivity contribution in [1.82, 2.24) is 0 Å². The van der Waals surface area contributed by atoms with Crippen molar-refractivity contribution in [3.05, 3.63) is 53.6 Å². The highest BCUT2D eigenvalue weighted by Crippen LogP contribution is 2.24. The largest absolute Gasteiger partial charge is 0.495 e. The number of benzene rings is 2. The van der Waals surface area contributed by atoms with Crippen LogP contribution in [-0.4, -0.2) is 24.1 Å². The molecule has 0 radical (unpaired) electrons. The number of hydrogen-bond donors (Lipinski definition) is 3. The van der Waals surface area contributed by atoms with Gasteiger partial charge in [-0.15, -0.1) is 0 Å². The summed E-state index contributed by atoms with van der Waals surface area (Å²) in [5.74, 6) is -1.28. The number of ether oxygens (including phenoxy) is 1. The van der Waals surface area contributed by atoms with Crippen molar-refractivity contribution in [2.24, 2.45) is 0 Å². The van der Waals surface area contributed by atoms with Crippen molar-refractivity contribution >= 4 is 23.3 Å². The summed E-state index contributed by atoms with van der Waals surface area (Å²) in [5, 5.41) is 11.8. The molecule has 0 aliphatic carbocycles.